The second-order valence-electron chi connectivity index (χ2n) is 8.43. The van der Waals surface area contributed by atoms with Gasteiger partial charge in [0.05, 0.1) is 27.4 Å². The Balaban J connectivity index is 1.56. The Labute approximate surface area is 190 Å². The van der Waals surface area contributed by atoms with Crippen LogP contribution in [-0.2, 0) is 20.1 Å². The summed E-state index contributed by atoms with van der Waals surface area (Å²) in [4.78, 5) is 28.3. The highest BCUT2D eigenvalue weighted by atomic mass is 79.9. The van der Waals surface area contributed by atoms with Gasteiger partial charge in [-0.15, -0.1) is 0 Å². The van der Waals surface area contributed by atoms with E-state index in [1.165, 1.54) is 12.1 Å². The van der Waals surface area contributed by atoms with Gasteiger partial charge in [0.1, 0.15) is 0 Å². The number of benzene rings is 3. The SMILES string of the molecule is O=C1[C@H]2C3c4ccccc4C(Br)(c4ccccc43)[C@H]2C(=O)N1c1cccc(C(F)(F)F)c1. The van der Waals surface area contributed by atoms with Crippen molar-refractivity contribution in [1.82, 2.24) is 0 Å². The lowest BCUT2D eigenvalue weighted by atomic mass is 9.55. The van der Waals surface area contributed by atoms with Gasteiger partial charge in [-0.1, -0.05) is 70.5 Å². The van der Waals surface area contributed by atoms with Gasteiger partial charge in [-0.05, 0) is 40.5 Å². The molecule has 7 rings (SSSR count). The Morgan fingerprint density at radius 3 is 2.00 bits per heavy atom. The third-order valence-corrected chi connectivity index (χ3v) is 8.29. The van der Waals surface area contributed by atoms with Gasteiger partial charge in [-0.3, -0.25) is 9.59 Å². The lowest BCUT2D eigenvalue weighted by Crippen LogP contribution is -2.50. The van der Waals surface area contributed by atoms with Crippen LogP contribution >= 0.6 is 15.9 Å². The van der Waals surface area contributed by atoms with Gasteiger partial charge in [0, 0.05) is 5.92 Å². The van der Waals surface area contributed by atoms with Crippen molar-refractivity contribution in [2.75, 3.05) is 4.90 Å². The number of anilines is 1. The fraction of sp³-hybridized carbons (Fsp3) is 0.200. The summed E-state index contributed by atoms with van der Waals surface area (Å²) in [5, 5.41) is 0. The zero-order valence-corrected chi connectivity index (χ0v) is 18.0. The summed E-state index contributed by atoms with van der Waals surface area (Å²) in [7, 11) is 0. The lowest BCUT2D eigenvalue weighted by molar-refractivity contribution is -0.137. The van der Waals surface area contributed by atoms with Gasteiger partial charge in [-0.25, -0.2) is 4.90 Å². The summed E-state index contributed by atoms with van der Waals surface area (Å²) in [6, 6.07) is 19.8. The minimum atomic E-state index is -4.57. The van der Waals surface area contributed by atoms with E-state index in [-0.39, 0.29) is 11.6 Å². The van der Waals surface area contributed by atoms with Gasteiger partial charge in [0.15, 0.2) is 0 Å². The van der Waals surface area contributed by atoms with Crippen LogP contribution in [0.5, 0.6) is 0 Å². The van der Waals surface area contributed by atoms with Crippen molar-refractivity contribution in [1.29, 1.82) is 0 Å². The monoisotopic (exact) mass is 497 g/mol. The van der Waals surface area contributed by atoms with Crippen LogP contribution in [0.1, 0.15) is 33.7 Å². The average Bonchev–Trinajstić information content (AvgIpc) is 3.05. The van der Waals surface area contributed by atoms with E-state index in [1.54, 1.807) is 0 Å². The summed E-state index contributed by atoms with van der Waals surface area (Å²) in [5.74, 6) is -2.72. The topological polar surface area (TPSA) is 37.4 Å². The van der Waals surface area contributed by atoms with E-state index < -0.39 is 39.7 Å². The molecule has 2 bridgehead atoms. The number of rotatable bonds is 1. The molecule has 3 aliphatic carbocycles. The van der Waals surface area contributed by atoms with Gasteiger partial charge in [0.2, 0.25) is 11.8 Å². The van der Waals surface area contributed by atoms with Crippen LogP contribution in [0.15, 0.2) is 72.8 Å². The molecule has 2 atom stereocenters. The van der Waals surface area contributed by atoms with Crippen molar-refractivity contribution >= 4 is 33.4 Å². The number of nitrogens with zero attached hydrogens (tertiary/aromatic N) is 1. The van der Waals surface area contributed by atoms with Crippen LogP contribution in [0.4, 0.5) is 18.9 Å². The van der Waals surface area contributed by atoms with Gasteiger partial charge in [-0.2, -0.15) is 13.2 Å². The Bertz CT molecular complexity index is 1270. The Hall–Kier alpha value is -2.93. The molecule has 1 aliphatic heterocycles. The molecule has 3 aromatic rings. The summed E-state index contributed by atoms with van der Waals surface area (Å²) < 4.78 is 39.0. The van der Waals surface area contributed by atoms with E-state index in [1.807, 2.05) is 48.5 Å². The van der Waals surface area contributed by atoms with Crippen LogP contribution in [0.25, 0.3) is 0 Å². The molecule has 1 fully saturated rings. The second-order valence-corrected chi connectivity index (χ2v) is 9.68. The maximum atomic E-state index is 13.7. The van der Waals surface area contributed by atoms with Crippen LogP contribution in [0.3, 0.4) is 0 Å². The highest BCUT2D eigenvalue weighted by Crippen LogP contribution is 2.66. The van der Waals surface area contributed by atoms with E-state index in [0.717, 1.165) is 39.3 Å². The van der Waals surface area contributed by atoms with Crippen molar-refractivity contribution in [3.63, 3.8) is 0 Å². The molecular formula is C25H15BrF3NO2. The first-order valence-corrected chi connectivity index (χ1v) is 11.0. The number of alkyl halides is 4. The molecule has 0 radical (unpaired) electrons. The molecule has 3 aromatic carbocycles. The van der Waals surface area contributed by atoms with E-state index in [4.69, 9.17) is 0 Å². The minimum absolute atomic E-state index is 0.0483. The zero-order chi connectivity index (χ0) is 22.4. The lowest BCUT2D eigenvalue weighted by Gasteiger charge is -2.51. The maximum Gasteiger partial charge on any atom is 0.416 e. The van der Waals surface area contributed by atoms with Crippen LogP contribution < -0.4 is 4.90 Å². The molecule has 1 heterocycles. The molecule has 160 valence electrons. The van der Waals surface area contributed by atoms with Crippen LogP contribution in [-0.4, -0.2) is 11.8 Å². The molecule has 0 unspecified atom stereocenters. The number of amides is 2. The normalized spacial score (nSPS) is 27.9. The number of imide groups is 1. The first-order valence-electron chi connectivity index (χ1n) is 10.2. The molecule has 4 aliphatic rings. The number of carbonyl (C=O) groups is 2. The summed E-state index contributed by atoms with van der Waals surface area (Å²) >= 11 is 3.87. The molecule has 0 spiro atoms. The molecule has 7 heteroatoms. The Kier molecular flexibility index (Phi) is 3.89. The molecule has 1 saturated heterocycles. The molecule has 0 N–H and O–H groups in total. The van der Waals surface area contributed by atoms with E-state index in [2.05, 4.69) is 15.9 Å². The smallest absolute Gasteiger partial charge is 0.274 e. The van der Waals surface area contributed by atoms with Crippen LogP contribution in [0, 0.1) is 11.8 Å². The third-order valence-electron chi connectivity index (χ3n) is 6.95. The first-order chi connectivity index (χ1) is 15.2. The van der Waals surface area contributed by atoms with E-state index in [0.29, 0.717) is 0 Å². The second kappa shape index (κ2) is 6.32. The predicted octanol–water partition coefficient (Wildman–Crippen LogP) is 5.61. The summed E-state index contributed by atoms with van der Waals surface area (Å²) in [6.07, 6.45) is -4.57. The van der Waals surface area contributed by atoms with E-state index in [9.17, 15) is 22.8 Å². The van der Waals surface area contributed by atoms with Crippen LogP contribution in [0.2, 0.25) is 0 Å². The largest absolute Gasteiger partial charge is 0.416 e. The number of halogens is 4. The molecule has 3 nitrogen and oxygen atoms in total. The zero-order valence-electron chi connectivity index (χ0n) is 16.4. The third kappa shape index (κ3) is 2.32. The van der Waals surface area contributed by atoms with E-state index >= 15 is 0 Å². The number of hydrogen-bond donors (Lipinski definition) is 0. The number of carbonyl (C=O) groups excluding carboxylic acids is 2. The van der Waals surface area contributed by atoms with Crippen molar-refractivity contribution in [3.8, 4) is 0 Å². The standard InChI is InChI=1S/C25H15BrF3NO2/c26-24-17-10-3-1-8-15(17)19(16-9-2-4-11-18(16)24)20-21(24)23(32)30(22(20)31)14-7-5-6-13(12-14)25(27,28)29/h1-12,19-21H/t19?,20-,21+,24?/m0/s1. The Morgan fingerprint density at radius 2 is 1.41 bits per heavy atom. The Morgan fingerprint density at radius 1 is 0.812 bits per heavy atom. The van der Waals surface area contributed by atoms with Gasteiger partial charge >= 0.3 is 6.18 Å². The molecule has 2 amide bonds. The average molecular weight is 498 g/mol. The summed E-state index contributed by atoms with van der Waals surface area (Å²) in [6.45, 7) is 0. The fourth-order valence-electron chi connectivity index (χ4n) is 5.75. The van der Waals surface area contributed by atoms with Crippen molar-refractivity contribution < 1.29 is 22.8 Å². The van der Waals surface area contributed by atoms with Crippen molar-refractivity contribution in [3.05, 3.63) is 101 Å². The molecule has 32 heavy (non-hydrogen) atoms. The van der Waals surface area contributed by atoms with Gasteiger partial charge in [0.25, 0.3) is 0 Å². The van der Waals surface area contributed by atoms with Crippen molar-refractivity contribution in [2.45, 2.75) is 16.4 Å². The van der Waals surface area contributed by atoms with Crippen molar-refractivity contribution in [2.24, 2.45) is 11.8 Å². The number of hydrogen-bond acceptors (Lipinski definition) is 2. The highest BCUT2D eigenvalue weighted by molar-refractivity contribution is 9.09. The highest BCUT2D eigenvalue weighted by Gasteiger charge is 2.67. The molecule has 0 saturated carbocycles. The quantitative estimate of drug-likeness (QED) is 0.323. The van der Waals surface area contributed by atoms with Gasteiger partial charge < -0.3 is 0 Å². The summed E-state index contributed by atoms with van der Waals surface area (Å²) in [5.41, 5.74) is 2.85. The maximum absolute atomic E-state index is 13.7. The minimum Gasteiger partial charge on any atom is -0.274 e. The molecular weight excluding hydrogens is 483 g/mol. The first kappa shape index (κ1) is 19.7. The molecule has 0 aromatic heterocycles. The fourth-order valence-corrected chi connectivity index (χ4v) is 6.96. The predicted molar refractivity (Wildman–Crippen MR) is 115 cm³/mol.